The van der Waals surface area contributed by atoms with Gasteiger partial charge in [0.25, 0.3) is 0 Å². The Morgan fingerprint density at radius 1 is 1.16 bits per heavy atom. The van der Waals surface area contributed by atoms with Gasteiger partial charge in [-0.3, -0.25) is 0 Å². The Kier molecular flexibility index (Phi) is 3.61. The summed E-state index contributed by atoms with van der Waals surface area (Å²) in [6.45, 7) is 4.51. The van der Waals surface area contributed by atoms with Gasteiger partial charge in [-0.2, -0.15) is 0 Å². The van der Waals surface area contributed by atoms with Crippen LogP contribution in [0.15, 0.2) is 34.7 Å². The highest BCUT2D eigenvalue weighted by atomic mass is 16.3. The molecule has 1 aliphatic rings. The Morgan fingerprint density at radius 2 is 1.89 bits per heavy atom. The highest BCUT2D eigenvalue weighted by Gasteiger charge is 2.23. The first kappa shape index (κ1) is 12.7. The molecule has 0 saturated heterocycles. The Balaban J connectivity index is 1.70. The molecule has 1 saturated carbocycles. The van der Waals surface area contributed by atoms with E-state index in [1.54, 1.807) is 0 Å². The van der Waals surface area contributed by atoms with Crippen LogP contribution in [0.1, 0.15) is 51.3 Å². The molecule has 1 fully saturated rings. The van der Waals surface area contributed by atoms with Gasteiger partial charge in [0.05, 0.1) is 6.04 Å². The molecule has 0 aliphatic heterocycles. The van der Waals surface area contributed by atoms with Crippen molar-refractivity contribution in [1.29, 1.82) is 0 Å². The zero-order valence-electron chi connectivity index (χ0n) is 11.9. The van der Waals surface area contributed by atoms with Crippen LogP contribution in [-0.2, 0) is 0 Å². The highest BCUT2D eigenvalue weighted by Crippen LogP contribution is 2.30. The average Bonchev–Trinajstić information content (AvgIpc) is 3.07. The smallest absolute Gasteiger partial charge is 0.134 e. The summed E-state index contributed by atoms with van der Waals surface area (Å²) in [5, 5.41) is 4.90. The van der Waals surface area contributed by atoms with E-state index in [-0.39, 0.29) is 6.04 Å². The highest BCUT2D eigenvalue weighted by molar-refractivity contribution is 5.77. The van der Waals surface area contributed by atoms with Gasteiger partial charge in [-0.05, 0) is 44.7 Å². The fourth-order valence-electron chi connectivity index (χ4n) is 3.29. The fourth-order valence-corrected chi connectivity index (χ4v) is 3.29. The molecule has 2 nitrogen and oxygen atoms in total. The molecular formula is C17H23NO. The van der Waals surface area contributed by atoms with Crippen LogP contribution in [0, 0.1) is 5.92 Å². The van der Waals surface area contributed by atoms with E-state index in [0.717, 1.165) is 17.3 Å². The van der Waals surface area contributed by atoms with E-state index in [0.29, 0.717) is 6.04 Å². The van der Waals surface area contributed by atoms with Crippen LogP contribution in [0.5, 0.6) is 0 Å². The SMILES string of the molecule is CC(N[C@@H](C)C1CCCC1)c1cc2ccccc2o1. The predicted octanol–water partition coefficient (Wildman–Crippen LogP) is 4.66. The molecule has 2 heteroatoms. The molecule has 1 aromatic carbocycles. The first-order chi connectivity index (χ1) is 9.24. The van der Waals surface area contributed by atoms with Crippen LogP contribution in [-0.4, -0.2) is 6.04 Å². The molecule has 1 aliphatic carbocycles. The lowest BCUT2D eigenvalue weighted by atomic mass is 9.99. The number of rotatable bonds is 4. The van der Waals surface area contributed by atoms with Crippen LogP contribution in [0.3, 0.4) is 0 Å². The molecule has 1 N–H and O–H groups in total. The molecule has 1 aromatic heterocycles. The average molecular weight is 257 g/mol. The number of hydrogen-bond acceptors (Lipinski definition) is 2. The first-order valence-electron chi connectivity index (χ1n) is 7.48. The fraction of sp³-hybridized carbons (Fsp3) is 0.529. The van der Waals surface area contributed by atoms with E-state index < -0.39 is 0 Å². The Bertz CT molecular complexity index is 506. The van der Waals surface area contributed by atoms with Crippen molar-refractivity contribution in [2.75, 3.05) is 0 Å². The maximum absolute atomic E-state index is 5.93. The summed E-state index contributed by atoms with van der Waals surface area (Å²) in [6, 6.07) is 11.2. The van der Waals surface area contributed by atoms with Crippen LogP contribution < -0.4 is 5.32 Å². The summed E-state index contributed by atoms with van der Waals surface area (Å²) in [4.78, 5) is 0. The van der Waals surface area contributed by atoms with Crippen molar-refractivity contribution in [1.82, 2.24) is 5.32 Å². The largest absolute Gasteiger partial charge is 0.459 e. The van der Waals surface area contributed by atoms with Gasteiger partial charge in [0.2, 0.25) is 0 Å². The summed E-state index contributed by atoms with van der Waals surface area (Å²) in [6.07, 6.45) is 5.55. The van der Waals surface area contributed by atoms with Crippen molar-refractivity contribution in [2.24, 2.45) is 5.92 Å². The van der Waals surface area contributed by atoms with Crippen molar-refractivity contribution in [2.45, 2.75) is 51.6 Å². The van der Waals surface area contributed by atoms with Gasteiger partial charge >= 0.3 is 0 Å². The topological polar surface area (TPSA) is 25.2 Å². The molecule has 1 heterocycles. The molecule has 0 bridgehead atoms. The third-order valence-electron chi connectivity index (χ3n) is 4.49. The van der Waals surface area contributed by atoms with Crippen LogP contribution in [0.2, 0.25) is 0 Å². The molecule has 0 radical (unpaired) electrons. The van der Waals surface area contributed by atoms with Crippen molar-refractivity contribution in [3.63, 3.8) is 0 Å². The molecule has 2 aromatic rings. The van der Waals surface area contributed by atoms with Crippen molar-refractivity contribution >= 4 is 11.0 Å². The minimum Gasteiger partial charge on any atom is -0.459 e. The molecule has 102 valence electrons. The van der Waals surface area contributed by atoms with Crippen molar-refractivity contribution < 1.29 is 4.42 Å². The zero-order valence-corrected chi connectivity index (χ0v) is 11.9. The molecule has 0 spiro atoms. The number of hydrogen-bond donors (Lipinski definition) is 1. The summed E-state index contributed by atoms with van der Waals surface area (Å²) in [5.41, 5.74) is 0.986. The lowest BCUT2D eigenvalue weighted by Crippen LogP contribution is -2.34. The molecule has 2 atom stereocenters. The van der Waals surface area contributed by atoms with E-state index >= 15 is 0 Å². The third-order valence-corrected chi connectivity index (χ3v) is 4.49. The summed E-state index contributed by atoms with van der Waals surface area (Å²) >= 11 is 0. The maximum atomic E-state index is 5.93. The normalized spacial score (nSPS) is 19.9. The predicted molar refractivity (Wildman–Crippen MR) is 79.2 cm³/mol. The lowest BCUT2D eigenvalue weighted by molar-refractivity contribution is 0.331. The third kappa shape index (κ3) is 2.69. The second kappa shape index (κ2) is 5.38. The summed E-state index contributed by atoms with van der Waals surface area (Å²) < 4.78 is 5.93. The molecule has 0 amide bonds. The van der Waals surface area contributed by atoms with Gasteiger partial charge in [0.1, 0.15) is 11.3 Å². The van der Waals surface area contributed by atoms with Gasteiger partial charge in [0.15, 0.2) is 0 Å². The van der Waals surface area contributed by atoms with Gasteiger partial charge in [-0.15, -0.1) is 0 Å². The molecular weight excluding hydrogens is 234 g/mol. The van der Waals surface area contributed by atoms with Crippen LogP contribution in [0.4, 0.5) is 0 Å². The van der Waals surface area contributed by atoms with Gasteiger partial charge < -0.3 is 9.73 Å². The number of para-hydroxylation sites is 1. The number of nitrogens with one attached hydrogen (secondary N) is 1. The minimum atomic E-state index is 0.281. The van der Waals surface area contributed by atoms with E-state index in [4.69, 9.17) is 4.42 Å². The number of furan rings is 1. The van der Waals surface area contributed by atoms with E-state index in [2.05, 4.69) is 37.4 Å². The summed E-state index contributed by atoms with van der Waals surface area (Å²) in [5.74, 6) is 1.89. The van der Waals surface area contributed by atoms with E-state index in [1.807, 2.05) is 12.1 Å². The second-order valence-corrected chi connectivity index (χ2v) is 5.91. The van der Waals surface area contributed by atoms with Crippen LogP contribution >= 0.6 is 0 Å². The number of benzene rings is 1. The van der Waals surface area contributed by atoms with E-state index in [9.17, 15) is 0 Å². The van der Waals surface area contributed by atoms with Crippen LogP contribution in [0.25, 0.3) is 11.0 Å². The zero-order chi connectivity index (χ0) is 13.2. The maximum Gasteiger partial charge on any atom is 0.134 e. The number of fused-ring (bicyclic) bond motifs is 1. The molecule has 3 rings (SSSR count). The Labute approximate surface area is 115 Å². The Hall–Kier alpha value is -1.28. The van der Waals surface area contributed by atoms with Crippen molar-refractivity contribution in [3.8, 4) is 0 Å². The van der Waals surface area contributed by atoms with Gasteiger partial charge in [-0.25, -0.2) is 0 Å². The molecule has 1 unspecified atom stereocenters. The standard InChI is InChI=1S/C17H23NO/c1-12(14-7-3-4-8-14)18-13(2)17-11-15-9-5-6-10-16(15)19-17/h5-6,9-14,18H,3-4,7-8H2,1-2H3/t12-,13?/m0/s1. The van der Waals surface area contributed by atoms with E-state index in [1.165, 1.54) is 31.1 Å². The van der Waals surface area contributed by atoms with Gasteiger partial charge in [0, 0.05) is 11.4 Å². The summed E-state index contributed by atoms with van der Waals surface area (Å²) in [7, 11) is 0. The lowest BCUT2D eigenvalue weighted by Gasteiger charge is -2.23. The Morgan fingerprint density at radius 3 is 2.63 bits per heavy atom. The molecule has 19 heavy (non-hydrogen) atoms. The second-order valence-electron chi connectivity index (χ2n) is 5.91. The van der Waals surface area contributed by atoms with Crippen molar-refractivity contribution in [3.05, 3.63) is 36.1 Å². The first-order valence-corrected chi connectivity index (χ1v) is 7.48. The van der Waals surface area contributed by atoms with Gasteiger partial charge in [-0.1, -0.05) is 31.0 Å². The monoisotopic (exact) mass is 257 g/mol. The minimum absolute atomic E-state index is 0.281. The quantitative estimate of drug-likeness (QED) is 0.861.